The number of aromatic nitrogens is 1. The van der Waals surface area contributed by atoms with Crippen molar-refractivity contribution in [2.75, 3.05) is 31.1 Å². The lowest BCUT2D eigenvalue weighted by Crippen LogP contribution is -2.29. The largest absolute Gasteiger partial charge is 0.416 e. The van der Waals surface area contributed by atoms with Crippen LogP contribution in [0, 0.1) is 33.3 Å². The number of hydrogen-bond donors (Lipinski definition) is 0. The quantitative estimate of drug-likeness (QED) is 0.393. The van der Waals surface area contributed by atoms with Gasteiger partial charge < -0.3 is 4.90 Å². The fourth-order valence-electron chi connectivity index (χ4n) is 4.95. The van der Waals surface area contributed by atoms with E-state index in [1.54, 1.807) is 6.07 Å². The highest BCUT2D eigenvalue weighted by molar-refractivity contribution is 7.22. The zero-order valence-corrected chi connectivity index (χ0v) is 19.0. The Bertz CT molecular complexity index is 1420. The lowest BCUT2D eigenvalue weighted by atomic mass is 10.0. The van der Waals surface area contributed by atoms with Crippen LogP contribution in [0.4, 0.5) is 24.0 Å². The summed E-state index contributed by atoms with van der Waals surface area (Å²) >= 11 is 0.880. The van der Waals surface area contributed by atoms with E-state index in [0.717, 1.165) is 36.5 Å². The summed E-state index contributed by atoms with van der Waals surface area (Å²) in [4.78, 5) is 31.4. The van der Waals surface area contributed by atoms with Crippen LogP contribution in [0.2, 0.25) is 0 Å². The Kier molecular flexibility index (Phi) is 5.69. The number of nitrogens with zero attached hydrogens (tertiary/aromatic N) is 5. The molecule has 0 bridgehead atoms. The third-order valence-corrected chi connectivity index (χ3v) is 7.67. The first kappa shape index (κ1) is 23.2. The van der Waals surface area contributed by atoms with E-state index in [4.69, 9.17) is 5.26 Å². The summed E-state index contributed by atoms with van der Waals surface area (Å²) < 4.78 is 39.5. The highest BCUT2D eigenvalue weighted by atomic mass is 32.1. The normalized spacial score (nSPS) is 20.2. The number of fused-ring (bicyclic) bond motifs is 2. The molecule has 3 heterocycles. The van der Waals surface area contributed by atoms with Crippen molar-refractivity contribution in [2.24, 2.45) is 11.8 Å². The molecule has 2 unspecified atom stereocenters. The minimum atomic E-state index is -4.82. The molecule has 1 aromatic heterocycles. The van der Waals surface area contributed by atoms with E-state index < -0.39 is 33.3 Å². The summed E-state index contributed by atoms with van der Waals surface area (Å²) in [6.07, 6.45) is -4.82. The van der Waals surface area contributed by atoms with E-state index in [2.05, 4.69) is 16.0 Å². The number of nitro groups is 1. The molecule has 0 aliphatic carbocycles. The molecule has 5 rings (SSSR count). The Morgan fingerprint density at radius 2 is 1.89 bits per heavy atom. The van der Waals surface area contributed by atoms with Crippen LogP contribution in [0.1, 0.15) is 16.7 Å². The van der Waals surface area contributed by atoms with Crippen molar-refractivity contribution in [3.05, 3.63) is 73.6 Å². The summed E-state index contributed by atoms with van der Waals surface area (Å²) in [5, 5.41) is 20.5. The van der Waals surface area contributed by atoms with Gasteiger partial charge in [-0.2, -0.15) is 23.4 Å². The standard InChI is InChI=1S/C23H18F3N5O3S/c24-23(25,26)17-5-18-20(19(6-17)31(33)34)35-22(28-21(18)32)30-11-15-9-29(10-16(15)12-30)8-14-3-1-2-13(4-14)7-27/h1-6,15-16H,8-12H2. The van der Waals surface area contributed by atoms with Gasteiger partial charge in [-0.15, -0.1) is 0 Å². The van der Waals surface area contributed by atoms with Gasteiger partial charge in [-0.3, -0.25) is 19.8 Å². The molecule has 2 saturated heterocycles. The third-order valence-electron chi connectivity index (χ3n) is 6.51. The van der Waals surface area contributed by atoms with Crippen molar-refractivity contribution < 1.29 is 18.1 Å². The van der Waals surface area contributed by atoms with Crippen LogP contribution in [-0.4, -0.2) is 41.0 Å². The SMILES string of the molecule is N#Cc1cccc(CN2CC3CN(c4nc(=O)c5cc(C(F)(F)F)cc([N+](=O)[O-])c5s4)CC3C2)c1. The first-order chi connectivity index (χ1) is 16.6. The zero-order valence-electron chi connectivity index (χ0n) is 18.2. The second-order valence-corrected chi connectivity index (χ2v) is 9.84. The Balaban J connectivity index is 1.37. The van der Waals surface area contributed by atoms with Crippen LogP contribution in [0.25, 0.3) is 10.1 Å². The third kappa shape index (κ3) is 4.44. The average molecular weight is 501 g/mol. The molecule has 0 N–H and O–H groups in total. The number of alkyl halides is 3. The molecule has 2 aliphatic heterocycles. The van der Waals surface area contributed by atoms with Gasteiger partial charge in [0.1, 0.15) is 4.70 Å². The van der Waals surface area contributed by atoms with Crippen LogP contribution >= 0.6 is 11.3 Å². The number of hydrogen-bond acceptors (Lipinski definition) is 8. The molecule has 2 fully saturated rings. The van der Waals surface area contributed by atoms with E-state index in [1.165, 1.54) is 0 Å². The summed E-state index contributed by atoms with van der Waals surface area (Å²) in [6.45, 7) is 3.55. The van der Waals surface area contributed by atoms with Crippen molar-refractivity contribution in [1.82, 2.24) is 9.88 Å². The number of benzene rings is 2. The van der Waals surface area contributed by atoms with Crippen molar-refractivity contribution >= 4 is 32.2 Å². The zero-order chi connectivity index (χ0) is 24.9. The Morgan fingerprint density at radius 3 is 2.51 bits per heavy atom. The summed E-state index contributed by atoms with van der Waals surface area (Å²) in [6, 6.07) is 10.7. The van der Waals surface area contributed by atoms with E-state index in [-0.39, 0.29) is 9.83 Å². The van der Waals surface area contributed by atoms with Gasteiger partial charge >= 0.3 is 6.18 Å². The minimum Gasteiger partial charge on any atom is -0.347 e. The lowest BCUT2D eigenvalue weighted by molar-refractivity contribution is -0.383. The molecule has 0 radical (unpaired) electrons. The second kappa shape index (κ2) is 8.58. The molecule has 35 heavy (non-hydrogen) atoms. The number of nitro benzene ring substituents is 1. The van der Waals surface area contributed by atoms with Gasteiger partial charge in [-0.05, 0) is 35.6 Å². The first-order valence-electron chi connectivity index (χ1n) is 10.8. The maximum atomic E-state index is 13.2. The van der Waals surface area contributed by atoms with Gasteiger partial charge in [-0.25, -0.2) is 0 Å². The summed E-state index contributed by atoms with van der Waals surface area (Å²) in [5.74, 6) is 0.605. The van der Waals surface area contributed by atoms with E-state index in [9.17, 15) is 28.1 Å². The minimum absolute atomic E-state index is 0.103. The van der Waals surface area contributed by atoms with Crippen LogP contribution in [0.5, 0.6) is 0 Å². The maximum absolute atomic E-state index is 13.2. The van der Waals surface area contributed by atoms with Crippen molar-refractivity contribution in [3.63, 3.8) is 0 Å². The number of halogens is 3. The molecule has 0 saturated carbocycles. The molecular formula is C23H18F3N5O3S. The topological polar surface area (TPSA) is 103 Å². The summed E-state index contributed by atoms with van der Waals surface area (Å²) in [7, 11) is 0. The van der Waals surface area contributed by atoms with Gasteiger partial charge in [0.15, 0.2) is 5.13 Å². The molecule has 2 atom stereocenters. The van der Waals surface area contributed by atoms with Gasteiger partial charge in [0.2, 0.25) is 0 Å². The van der Waals surface area contributed by atoms with E-state index in [0.29, 0.717) is 42.6 Å². The molecule has 0 spiro atoms. The highest BCUT2D eigenvalue weighted by Crippen LogP contribution is 2.40. The molecule has 180 valence electrons. The maximum Gasteiger partial charge on any atom is 0.416 e. The monoisotopic (exact) mass is 501 g/mol. The molecule has 2 aromatic carbocycles. The smallest absolute Gasteiger partial charge is 0.347 e. The van der Waals surface area contributed by atoms with Crippen molar-refractivity contribution in [3.8, 4) is 6.07 Å². The summed E-state index contributed by atoms with van der Waals surface area (Å²) in [5.41, 5.74) is -1.22. The van der Waals surface area contributed by atoms with Gasteiger partial charge in [0.05, 0.1) is 27.5 Å². The van der Waals surface area contributed by atoms with Gasteiger partial charge in [-0.1, -0.05) is 23.5 Å². The lowest BCUT2D eigenvalue weighted by Gasteiger charge is -2.22. The van der Waals surface area contributed by atoms with Gasteiger partial charge in [0, 0.05) is 38.8 Å². The van der Waals surface area contributed by atoms with Gasteiger partial charge in [0.25, 0.3) is 11.2 Å². The predicted molar refractivity (Wildman–Crippen MR) is 123 cm³/mol. The predicted octanol–water partition coefficient (Wildman–Crippen LogP) is 4.02. The molecular weight excluding hydrogens is 483 g/mol. The average Bonchev–Trinajstić information content (AvgIpc) is 3.36. The Hall–Kier alpha value is -3.56. The Labute approximate surface area is 201 Å². The van der Waals surface area contributed by atoms with Crippen LogP contribution < -0.4 is 10.5 Å². The van der Waals surface area contributed by atoms with E-state index in [1.807, 2.05) is 23.1 Å². The molecule has 0 amide bonds. The Morgan fingerprint density at radius 1 is 1.17 bits per heavy atom. The fraction of sp³-hybridized carbons (Fsp3) is 0.348. The number of rotatable bonds is 4. The molecule has 3 aromatic rings. The molecule has 12 heteroatoms. The number of anilines is 1. The highest BCUT2D eigenvalue weighted by Gasteiger charge is 2.41. The first-order valence-corrected chi connectivity index (χ1v) is 11.6. The van der Waals surface area contributed by atoms with Crippen molar-refractivity contribution in [2.45, 2.75) is 12.7 Å². The number of likely N-dealkylation sites (tertiary alicyclic amines) is 1. The van der Waals surface area contributed by atoms with E-state index >= 15 is 0 Å². The van der Waals surface area contributed by atoms with Crippen molar-refractivity contribution in [1.29, 1.82) is 5.26 Å². The number of nitriles is 1. The fourth-order valence-corrected chi connectivity index (χ4v) is 6.03. The molecule has 2 aliphatic rings. The van der Waals surface area contributed by atoms with Crippen LogP contribution in [-0.2, 0) is 12.7 Å². The van der Waals surface area contributed by atoms with Crippen LogP contribution in [0.15, 0.2) is 41.2 Å². The molecule has 8 nitrogen and oxygen atoms in total. The number of non-ortho nitro benzene ring substituents is 1. The second-order valence-electron chi connectivity index (χ2n) is 8.86. The van der Waals surface area contributed by atoms with Crippen LogP contribution in [0.3, 0.4) is 0 Å².